The molecule has 0 bridgehead atoms. The molecule has 0 aliphatic carbocycles. The number of nitrogens with one attached hydrogen (secondary N) is 1. The lowest BCUT2D eigenvalue weighted by atomic mass is 9.85. The van der Waals surface area contributed by atoms with Crippen molar-refractivity contribution in [2.45, 2.75) is 39.2 Å². The van der Waals surface area contributed by atoms with Crippen molar-refractivity contribution in [2.24, 2.45) is 17.6 Å². The molecule has 0 unspecified atom stereocenters. The monoisotopic (exact) mass is 184 g/mol. The van der Waals surface area contributed by atoms with Gasteiger partial charge in [-0.25, -0.2) is 0 Å². The molecule has 1 heterocycles. The summed E-state index contributed by atoms with van der Waals surface area (Å²) in [6.07, 6.45) is 3.08. The van der Waals surface area contributed by atoms with Gasteiger partial charge in [-0.15, -0.1) is 0 Å². The van der Waals surface area contributed by atoms with Crippen molar-refractivity contribution >= 4 is 5.91 Å². The average molecular weight is 184 g/mol. The highest BCUT2D eigenvalue weighted by Gasteiger charge is 2.29. The molecule has 1 amide bonds. The van der Waals surface area contributed by atoms with E-state index in [4.69, 9.17) is 5.73 Å². The zero-order valence-corrected chi connectivity index (χ0v) is 8.55. The summed E-state index contributed by atoms with van der Waals surface area (Å²) in [5.74, 6) is 0.534. The fourth-order valence-corrected chi connectivity index (χ4v) is 2.05. The fourth-order valence-electron chi connectivity index (χ4n) is 2.05. The van der Waals surface area contributed by atoms with E-state index in [9.17, 15) is 4.79 Å². The van der Waals surface area contributed by atoms with Crippen LogP contribution < -0.4 is 11.1 Å². The molecule has 1 aliphatic heterocycles. The summed E-state index contributed by atoms with van der Waals surface area (Å²) in [6.45, 7) is 5.38. The van der Waals surface area contributed by atoms with Crippen LogP contribution in [0, 0.1) is 11.8 Å². The lowest BCUT2D eigenvalue weighted by Crippen LogP contribution is -2.47. The van der Waals surface area contributed by atoms with Crippen molar-refractivity contribution in [3.63, 3.8) is 0 Å². The van der Waals surface area contributed by atoms with Gasteiger partial charge in [0.1, 0.15) is 0 Å². The Kier molecular flexibility index (Phi) is 3.72. The largest absolute Gasteiger partial charge is 0.369 e. The lowest BCUT2D eigenvalue weighted by Gasteiger charge is -2.31. The van der Waals surface area contributed by atoms with E-state index in [2.05, 4.69) is 19.2 Å². The highest BCUT2D eigenvalue weighted by Crippen LogP contribution is 2.21. The Balaban J connectivity index is 2.51. The standard InChI is InChI=1S/C10H20N2O/c1-7(2)6-9-8(10(11)13)4-3-5-12-9/h7-9,12H,3-6H2,1-2H3,(H2,11,13)/t8-,9+/m0/s1. The first-order valence-corrected chi connectivity index (χ1v) is 5.14. The molecule has 0 aromatic rings. The number of rotatable bonds is 3. The molecule has 0 spiro atoms. The van der Waals surface area contributed by atoms with Crippen LogP contribution in [-0.2, 0) is 4.79 Å². The zero-order valence-electron chi connectivity index (χ0n) is 8.55. The van der Waals surface area contributed by atoms with Gasteiger partial charge in [0.15, 0.2) is 0 Å². The number of carbonyl (C=O) groups is 1. The predicted molar refractivity (Wildman–Crippen MR) is 53.2 cm³/mol. The van der Waals surface area contributed by atoms with Gasteiger partial charge < -0.3 is 11.1 Å². The maximum Gasteiger partial charge on any atom is 0.222 e. The first kappa shape index (κ1) is 10.5. The first-order chi connectivity index (χ1) is 6.11. The van der Waals surface area contributed by atoms with E-state index in [1.807, 2.05) is 0 Å². The smallest absolute Gasteiger partial charge is 0.222 e. The van der Waals surface area contributed by atoms with E-state index in [-0.39, 0.29) is 11.8 Å². The van der Waals surface area contributed by atoms with Gasteiger partial charge in [0.05, 0.1) is 5.92 Å². The summed E-state index contributed by atoms with van der Waals surface area (Å²) < 4.78 is 0. The van der Waals surface area contributed by atoms with Crippen LogP contribution in [0.2, 0.25) is 0 Å². The van der Waals surface area contributed by atoms with Crippen LogP contribution in [0.15, 0.2) is 0 Å². The first-order valence-electron chi connectivity index (χ1n) is 5.14. The number of carbonyl (C=O) groups excluding carboxylic acids is 1. The Bertz CT molecular complexity index is 180. The van der Waals surface area contributed by atoms with E-state index in [1.165, 1.54) is 0 Å². The molecule has 1 aliphatic rings. The maximum atomic E-state index is 11.1. The number of hydrogen-bond acceptors (Lipinski definition) is 2. The predicted octanol–water partition coefficient (Wildman–Crippen LogP) is 0.886. The minimum absolute atomic E-state index is 0.0520. The van der Waals surface area contributed by atoms with Gasteiger partial charge in [0.2, 0.25) is 5.91 Å². The van der Waals surface area contributed by atoms with Crippen LogP contribution in [0.3, 0.4) is 0 Å². The quantitative estimate of drug-likeness (QED) is 0.684. The van der Waals surface area contributed by atoms with Gasteiger partial charge in [-0.1, -0.05) is 13.8 Å². The molecular formula is C10H20N2O. The molecule has 0 aromatic heterocycles. The summed E-state index contributed by atoms with van der Waals surface area (Å²) in [4.78, 5) is 11.1. The minimum atomic E-state index is -0.141. The molecule has 3 heteroatoms. The molecule has 0 aromatic carbocycles. The molecule has 0 radical (unpaired) electrons. The number of primary amides is 1. The van der Waals surface area contributed by atoms with E-state index in [0.717, 1.165) is 25.8 Å². The summed E-state index contributed by atoms with van der Waals surface area (Å²) >= 11 is 0. The molecular weight excluding hydrogens is 164 g/mol. The van der Waals surface area contributed by atoms with Crippen LogP contribution in [0.25, 0.3) is 0 Å². The third-order valence-corrected chi connectivity index (χ3v) is 2.67. The Morgan fingerprint density at radius 1 is 1.62 bits per heavy atom. The summed E-state index contributed by atoms with van der Waals surface area (Å²) in [5, 5.41) is 3.38. The third-order valence-electron chi connectivity index (χ3n) is 2.67. The number of nitrogens with two attached hydrogens (primary N) is 1. The van der Waals surface area contributed by atoms with Gasteiger partial charge in [-0.05, 0) is 31.7 Å². The van der Waals surface area contributed by atoms with Crippen LogP contribution in [0.5, 0.6) is 0 Å². The second kappa shape index (κ2) is 4.61. The van der Waals surface area contributed by atoms with Crippen molar-refractivity contribution in [3.05, 3.63) is 0 Å². The fraction of sp³-hybridized carbons (Fsp3) is 0.900. The van der Waals surface area contributed by atoms with Gasteiger partial charge in [-0.2, -0.15) is 0 Å². The van der Waals surface area contributed by atoms with Crippen molar-refractivity contribution in [1.82, 2.24) is 5.32 Å². The average Bonchev–Trinajstić information content (AvgIpc) is 2.03. The van der Waals surface area contributed by atoms with E-state index >= 15 is 0 Å². The summed E-state index contributed by atoms with van der Waals surface area (Å²) in [7, 11) is 0. The van der Waals surface area contributed by atoms with Crippen molar-refractivity contribution in [1.29, 1.82) is 0 Å². The Morgan fingerprint density at radius 3 is 2.85 bits per heavy atom. The minimum Gasteiger partial charge on any atom is -0.369 e. The summed E-state index contributed by atoms with van der Waals surface area (Å²) in [6, 6.07) is 0.311. The van der Waals surface area contributed by atoms with Crippen molar-refractivity contribution in [2.75, 3.05) is 6.54 Å². The number of amides is 1. The molecule has 13 heavy (non-hydrogen) atoms. The number of hydrogen-bond donors (Lipinski definition) is 2. The Hall–Kier alpha value is -0.570. The van der Waals surface area contributed by atoms with Crippen LogP contribution in [0.4, 0.5) is 0 Å². The second-order valence-electron chi connectivity index (χ2n) is 4.34. The second-order valence-corrected chi connectivity index (χ2v) is 4.34. The van der Waals surface area contributed by atoms with E-state index < -0.39 is 0 Å². The third kappa shape index (κ3) is 2.99. The summed E-state index contributed by atoms with van der Waals surface area (Å²) in [5.41, 5.74) is 5.35. The highest BCUT2D eigenvalue weighted by molar-refractivity contribution is 5.77. The topological polar surface area (TPSA) is 55.1 Å². The van der Waals surface area contributed by atoms with E-state index in [1.54, 1.807) is 0 Å². The van der Waals surface area contributed by atoms with Crippen LogP contribution >= 0.6 is 0 Å². The van der Waals surface area contributed by atoms with Crippen LogP contribution in [-0.4, -0.2) is 18.5 Å². The van der Waals surface area contributed by atoms with Gasteiger partial charge >= 0.3 is 0 Å². The normalized spacial score (nSPS) is 29.2. The van der Waals surface area contributed by atoms with Gasteiger partial charge in [0.25, 0.3) is 0 Å². The van der Waals surface area contributed by atoms with Gasteiger partial charge in [-0.3, -0.25) is 4.79 Å². The van der Waals surface area contributed by atoms with Crippen molar-refractivity contribution in [3.8, 4) is 0 Å². The molecule has 1 saturated heterocycles. The molecule has 76 valence electrons. The van der Waals surface area contributed by atoms with Crippen LogP contribution in [0.1, 0.15) is 33.1 Å². The highest BCUT2D eigenvalue weighted by atomic mass is 16.1. The Labute approximate surface area is 80.1 Å². The lowest BCUT2D eigenvalue weighted by molar-refractivity contribution is -0.123. The van der Waals surface area contributed by atoms with Crippen molar-refractivity contribution < 1.29 is 4.79 Å². The molecule has 1 fully saturated rings. The van der Waals surface area contributed by atoms with Gasteiger partial charge in [0, 0.05) is 6.04 Å². The number of piperidine rings is 1. The van der Waals surface area contributed by atoms with E-state index in [0.29, 0.717) is 12.0 Å². The molecule has 1 rings (SSSR count). The Morgan fingerprint density at radius 2 is 2.31 bits per heavy atom. The SMILES string of the molecule is CC(C)C[C@H]1NCCC[C@@H]1C(N)=O. The molecule has 3 N–H and O–H groups in total. The molecule has 2 atom stereocenters. The molecule has 0 saturated carbocycles. The maximum absolute atomic E-state index is 11.1. The zero-order chi connectivity index (χ0) is 9.84. The molecule has 3 nitrogen and oxygen atoms in total.